The Morgan fingerprint density at radius 1 is 0.857 bits per heavy atom. The van der Waals surface area contributed by atoms with Crippen LogP contribution in [-0.4, -0.2) is 5.88 Å². The Balaban J connectivity index is 2.22. The SMILES string of the molecule is C=C1C(CCCl)=C(c2ccc(Cl)cc2)c2ccc(Cl)cc21. The summed E-state index contributed by atoms with van der Waals surface area (Å²) in [6, 6.07) is 13.8. The second-order valence-electron chi connectivity index (χ2n) is 4.97. The minimum Gasteiger partial charge on any atom is -0.126 e. The normalized spacial score (nSPS) is 13.8. The van der Waals surface area contributed by atoms with E-state index >= 15 is 0 Å². The van der Waals surface area contributed by atoms with E-state index < -0.39 is 0 Å². The molecule has 0 saturated carbocycles. The quantitative estimate of drug-likeness (QED) is 0.565. The van der Waals surface area contributed by atoms with Gasteiger partial charge in [0.25, 0.3) is 0 Å². The fourth-order valence-corrected chi connectivity index (χ4v) is 3.26. The number of halogens is 3. The molecule has 2 aromatic carbocycles. The van der Waals surface area contributed by atoms with Gasteiger partial charge in [-0.3, -0.25) is 0 Å². The van der Waals surface area contributed by atoms with Crippen LogP contribution in [0.25, 0.3) is 11.1 Å². The molecule has 0 radical (unpaired) electrons. The molecule has 0 fully saturated rings. The third kappa shape index (κ3) is 2.64. The molecule has 0 nitrogen and oxygen atoms in total. The lowest BCUT2D eigenvalue weighted by atomic mass is 9.96. The van der Waals surface area contributed by atoms with Crippen LogP contribution in [0, 0.1) is 0 Å². The number of benzene rings is 2. The van der Waals surface area contributed by atoms with Gasteiger partial charge in [-0.1, -0.05) is 48.0 Å². The maximum Gasteiger partial charge on any atom is 0.0412 e. The van der Waals surface area contributed by atoms with E-state index in [4.69, 9.17) is 34.8 Å². The minimum atomic E-state index is 0.563. The lowest BCUT2D eigenvalue weighted by Crippen LogP contribution is -1.89. The highest BCUT2D eigenvalue weighted by Gasteiger charge is 2.25. The summed E-state index contributed by atoms with van der Waals surface area (Å²) < 4.78 is 0. The first-order valence-electron chi connectivity index (χ1n) is 6.66. The van der Waals surface area contributed by atoms with Gasteiger partial charge in [-0.25, -0.2) is 0 Å². The van der Waals surface area contributed by atoms with Gasteiger partial charge in [0.2, 0.25) is 0 Å². The number of hydrogen-bond donors (Lipinski definition) is 0. The van der Waals surface area contributed by atoms with Crippen LogP contribution in [0.5, 0.6) is 0 Å². The standard InChI is InChI=1S/C18H13Cl3/c1-11-15(8-9-19)18(12-2-4-13(20)5-3-12)16-7-6-14(21)10-17(11)16/h2-7,10H,1,8-9H2. The Hall–Kier alpha value is -1.21. The van der Waals surface area contributed by atoms with Gasteiger partial charge in [-0.05, 0) is 64.1 Å². The van der Waals surface area contributed by atoms with Crippen molar-refractivity contribution in [3.63, 3.8) is 0 Å². The Labute approximate surface area is 139 Å². The molecule has 21 heavy (non-hydrogen) atoms. The monoisotopic (exact) mass is 334 g/mol. The third-order valence-electron chi connectivity index (χ3n) is 3.72. The molecule has 0 aromatic heterocycles. The molecule has 0 unspecified atom stereocenters. The summed E-state index contributed by atoms with van der Waals surface area (Å²) in [5, 5.41) is 1.45. The second kappa shape index (κ2) is 5.88. The van der Waals surface area contributed by atoms with Crippen LogP contribution >= 0.6 is 34.8 Å². The van der Waals surface area contributed by atoms with Crippen molar-refractivity contribution in [2.45, 2.75) is 6.42 Å². The van der Waals surface area contributed by atoms with Gasteiger partial charge in [0, 0.05) is 15.9 Å². The molecule has 0 N–H and O–H groups in total. The number of rotatable bonds is 3. The van der Waals surface area contributed by atoms with Crippen LogP contribution in [0.1, 0.15) is 23.1 Å². The van der Waals surface area contributed by atoms with Crippen molar-refractivity contribution in [3.05, 3.63) is 81.4 Å². The minimum absolute atomic E-state index is 0.563. The van der Waals surface area contributed by atoms with Gasteiger partial charge in [0.1, 0.15) is 0 Å². The van der Waals surface area contributed by atoms with Crippen LogP contribution in [0.15, 0.2) is 54.6 Å². The maximum absolute atomic E-state index is 6.12. The van der Waals surface area contributed by atoms with Gasteiger partial charge in [0.15, 0.2) is 0 Å². The van der Waals surface area contributed by atoms with Crippen molar-refractivity contribution in [1.82, 2.24) is 0 Å². The van der Waals surface area contributed by atoms with Crippen LogP contribution < -0.4 is 0 Å². The van der Waals surface area contributed by atoms with E-state index in [0.717, 1.165) is 38.7 Å². The summed E-state index contributed by atoms with van der Waals surface area (Å²) in [5.41, 5.74) is 6.76. The molecular weight excluding hydrogens is 323 g/mol. The van der Waals surface area contributed by atoms with E-state index in [-0.39, 0.29) is 0 Å². The van der Waals surface area contributed by atoms with Crippen molar-refractivity contribution < 1.29 is 0 Å². The van der Waals surface area contributed by atoms with Gasteiger partial charge in [-0.2, -0.15) is 0 Å². The zero-order valence-electron chi connectivity index (χ0n) is 11.3. The fourth-order valence-electron chi connectivity index (χ4n) is 2.78. The Morgan fingerprint density at radius 3 is 2.19 bits per heavy atom. The topological polar surface area (TPSA) is 0 Å². The molecular formula is C18H13Cl3. The molecule has 0 amide bonds. The molecule has 3 rings (SSSR count). The molecule has 2 aromatic rings. The molecule has 0 atom stereocenters. The van der Waals surface area contributed by atoms with Crippen molar-refractivity contribution in [1.29, 1.82) is 0 Å². The van der Waals surface area contributed by atoms with Gasteiger partial charge >= 0.3 is 0 Å². The predicted octanol–water partition coefficient (Wildman–Crippen LogP) is 6.45. The average molecular weight is 336 g/mol. The van der Waals surface area contributed by atoms with Crippen molar-refractivity contribution >= 4 is 45.9 Å². The predicted molar refractivity (Wildman–Crippen MR) is 93.3 cm³/mol. The van der Waals surface area contributed by atoms with E-state index in [0.29, 0.717) is 5.88 Å². The summed E-state index contributed by atoms with van der Waals surface area (Å²) >= 11 is 18.1. The first kappa shape index (κ1) is 14.7. The average Bonchev–Trinajstić information content (AvgIpc) is 2.74. The summed E-state index contributed by atoms with van der Waals surface area (Å²) in [4.78, 5) is 0. The highest BCUT2D eigenvalue weighted by atomic mass is 35.5. The second-order valence-corrected chi connectivity index (χ2v) is 6.22. The molecule has 0 bridgehead atoms. The highest BCUT2D eigenvalue weighted by Crippen LogP contribution is 2.46. The largest absolute Gasteiger partial charge is 0.126 e. The number of fused-ring (bicyclic) bond motifs is 1. The number of allylic oxidation sites excluding steroid dienone is 2. The molecule has 1 aliphatic rings. The first-order chi connectivity index (χ1) is 10.1. The Bertz CT molecular complexity index is 740. The van der Waals surface area contributed by atoms with Crippen molar-refractivity contribution in [2.75, 3.05) is 5.88 Å². The van der Waals surface area contributed by atoms with E-state index in [2.05, 4.69) is 6.58 Å². The molecule has 0 aliphatic heterocycles. The first-order valence-corrected chi connectivity index (χ1v) is 7.95. The maximum atomic E-state index is 6.12. The Kier molecular flexibility index (Phi) is 4.12. The number of hydrogen-bond acceptors (Lipinski definition) is 0. The summed E-state index contributed by atoms with van der Waals surface area (Å²) in [6.07, 6.45) is 0.782. The zero-order chi connectivity index (χ0) is 15.0. The smallest absolute Gasteiger partial charge is 0.0412 e. The van der Waals surface area contributed by atoms with Crippen LogP contribution in [-0.2, 0) is 0 Å². The van der Waals surface area contributed by atoms with Crippen molar-refractivity contribution in [3.8, 4) is 0 Å². The molecule has 3 heteroatoms. The fraction of sp³-hybridized carbons (Fsp3) is 0.111. The van der Waals surface area contributed by atoms with Crippen LogP contribution in [0.3, 0.4) is 0 Å². The van der Waals surface area contributed by atoms with E-state index in [1.165, 1.54) is 11.1 Å². The summed E-state index contributed by atoms with van der Waals surface area (Å²) in [5.74, 6) is 0.563. The lowest BCUT2D eigenvalue weighted by Gasteiger charge is -2.08. The molecule has 0 spiro atoms. The summed E-state index contributed by atoms with van der Waals surface area (Å²) in [6.45, 7) is 4.23. The zero-order valence-corrected chi connectivity index (χ0v) is 13.6. The molecule has 0 saturated heterocycles. The third-order valence-corrected chi connectivity index (χ3v) is 4.40. The number of alkyl halides is 1. The molecule has 106 valence electrons. The van der Waals surface area contributed by atoms with E-state index in [9.17, 15) is 0 Å². The van der Waals surface area contributed by atoms with E-state index in [1.54, 1.807) is 0 Å². The van der Waals surface area contributed by atoms with E-state index in [1.807, 2.05) is 42.5 Å². The van der Waals surface area contributed by atoms with Crippen LogP contribution in [0.4, 0.5) is 0 Å². The van der Waals surface area contributed by atoms with Gasteiger partial charge in [0.05, 0.1) is 0 Å². The molecule has 0 heterocycles. The molecule has 1 aliphatic carbocycles. The lowest BCUT2D eigenvalue weighted by molar-refractivity contribution is 1.18. The highest BCUT2D eigenvalue weighted by molar-refractivity contribution is 6.31. The Morgan fingerprint density at radius 2 is 1.52 bits per heavy atom. The van der Waals surface area contributed by atoms with Gasteiger partial charge in [-0.15, -0.1) is 11.6 Å². The van der Waals surface area contributed by atoms with Crippen molar-refractivity contribution in [2.24, 2.45) is 0 Å². The van der Waals surface area contributed by atoms with Crippen LogP contribution in [0.2, 0.25) is 10.0 Å². The van der Waals surface area contributed by atoms with Gasteiger partial charge < -0.3 is 0 Å². The summed E-state index contributed by atoms with van der Waals surface area (Å²) in [7, 11) is 0.